The number of hydrogen-bond donors (Lipinski definition) is 0. The monoisotopic (exact) mass is 349 g/mol. The van der Waals surface area contributed by atoms with E-state index >= 15 is 0 Å². The molecular weight excluding hydrogens is 330 g/mol. The Balaban J connectivity index is 1.83. The summed E-state index contributed by atoms with van der Waals surface area (Å²) in [6.45, 7) is 3.92. The maximum Gasteiger partial charge on any atom is 0.254 e. The number of likely N-dealkylation sites (tertiary alicyclic amines) is 1. The number of aromatic nitrogens is 2. The van der Waals surface area contributed by atoms with E-state index in [0.29, 0.717) is 23.8 Å². The van der Waals surface area contributed by atoms with Crippen molar-refractivity contribution in [3.63, 3.8) is 0 Å². The number of nitrogens with zero attached hydrogens (tertiary/aromatic N) is 3. The third-order valence-corrected chi connectivity index (χ3v) is 5.95. The zero-order chi connectivity index (χ0) is 17.3. The molecule has 3 rings (SSSR count). The van der Waals surface area contributed by atoms with Crippen molar-refractivity contribution in [2.45, 2.75) is 37.6 Å². The van der Waals surface area contributed by atoms with E-state index in [0.717, 1.165) is 12.8 Å². The van der Waals surface area contributed by atoms with Crippen molar-refractivity contribution in [1.29, 1.82) is 0 Å². The fourth-order valence-corrected chi connectivity index (χ4v) is 3.75. The number of rotatable bonds is 4. The molecule has 0 N–H and O–H groups in total. The summed E-state index contributed by atoms with van der Waals surface area (Å²) in [5, 5.41) is 3.92. The molecule has 1 aliphatic rings. The average Bonchev–Trinajstić information content (AvgIpc) is 3.23. The molecule has 1 atom stereocenters. The molecule has 1 aromatic heterocycles. The number of amides is 1. The number of hydrogen-bond acceptors (Lipinski definition) is 6. The van der Waals surface area contributed by atoms with Gasteiger partial charge < -0.3 is 9.42 Å². The minimum atomic E-state index is -3.27. The zero-order valence-corrected chi connectivity index (χ0v) is 14.4. The summed E-state index contributed by atoms with van der Waals surface area (Å²) < 4.78 is 28.7. The van der Waals surface area contributed by atoms with Gasteiger partial charge in [-0.25, -0.2) is 8.42 Å². The van der Waals surface area contributed by atoms with Gasteiger partial charge in [-0.3, -0.25) is 4.79 Å². The predicted octanol–water partition coefficient (Wildman–Crippen LogP) is 2.15. The Morgan fingerprint density at radius 3 is 2.62 bits per heavy atom. The number of carbonyl (C=O) groups excluding carboxylic acids is 1. The molecule has 1 unspecified atom stereocenters. The van der Waals surface area contributed by atoms with Crippen molar-refractivity contribution < 1.29 is 17.7 Å². The summed E-state index contributed by atoms with van der Waals surface area (Å²) in [6.07, 6.45) is 1.65. The first-order chi connectivity index (χ1) is 11.4. The molecule has 128 valence electrons. The molecule has 1 saturated heterocycles. The van der Waals surface area contributed by atoms with E-state index in [4.69, 9.17) is 4.52 Å². The van der Waals surface area contributed by atoms with Gasteiger partial charge in [-0.1, -0.05) is 12.1 Å². The van der Waals surface area contributed by atoms with Gasteiger partial charge in [0.2, 0.25) is 5.89 Å². The molecule has 1 aliphatic heterocycles. The highest BCUT2D eigenvalue weighted by atomic mass is 32.2. The van der Waals surface area contributed by atoms with Crippen LogP contribution in [0.3, 0.4) is 0 Å². The lowest BCUT2D eigenvalue weighted by Gasteiger charge is -2.22. The van der Waals surface area contributed by atoms with Gasteiger partial charge in [0.25, 0.3) is 5.91 Å². The Labute approximate surface area is 140 Å². The van der Waals surface area contributed by atoms with Crippen LogP contribution in [0.5, 0.6) is 0 Å². The van der Waals surface area contributed by atoms with E-state index < -0.39 is 9.84 Å². The Hall–Kier alpha value is -2.22. The summed E-state index contributed by atoms with van der Waals surface area (Å²) in [7, 11) is -3.27. The largest absolute Gasteiger partial charge is 0.340 e. The van der Waals surface area contributed by atoms with E-state index in [-0.39, 0.29) is 22.6 Å². The molecule has 24 heavy (non-hydrogen) atoms. The second-order valence-electron chi connectivity index (χ2n) is 5.76. The fourth-order valence-electron chi connectivity index (χ4n) is 2.87. The van der Waals surface area contributed by atoms with Gasteiger partial charge >= 0.3 is 0 Å². The van der Waals surface area contributed by atoms with Crippen LogP contribution in [0.2, 0.25) is 0 Å². The van der Waals surface area contributed by atoms with Crippen LogP contribution in [0.1, 0.15) is 47.9 Å². The third-order valence-electron chi connectivity index (χ3n) is 4.20. The van der Waals surface area contributed by atoms with Crippen molar-refractivity contribution in [2.75, 3.05) is 12.3 Å². The molecule has 8 heteroatoms. The summed E-state index contributed by atoms with van der Waals surface area (Å²) in [5.74, 6) is 0.869. The molecule has 0 saturated carbocycles. The Morgan fingerprint density at radius 1 is 1.33 bits per heavy atom. The second kappa shape index (κ2) is 6.35. The van der Waals surface area contributed by atoms with Crippen molar-refractivity contribution in [3.05, 3.63) is 41.5 Å². The molecule has 7 nitrogen and oxygen atoms in total. The van der Waals surface area contributed by atoms with Crippen LogP contribution in [0.25, 0.3) is 0 Å². The molecule has 1 fully saturated rings. The van der Waals surface area contributed by atoms with Crippen LogP contribution < -0.4 is 0 Å². The molecule has 0 radical (unpaired) electrons. The van der Waals surface area contributed by atoms with E-state index in [9.17, 15) is 13.2 Å². The van der Waals surface area contributed by atoms with E-state index in [2.05, 4.69) is 10.1 Å². The quantitative estimate of drug-likeness (QED) is 0.839. The van der Waals surface area contributed by atoms with Crippen LogP contribution in [-0.2, 0) is 9.84 Å². The Morgan fingerprint density at radius 2 is 2.04 bits per heavy atom. The van der Waals surface area contributed by atoms with Crippen LogP contribution in [-0.4, -0.2) is 41.7 Å². The van der Waals surface area contributed by atoms with Gasteiger partial charge in [-0.05, 0) is 37.1 Å². The third kappa shape index (κ3) is 3.06. The minimum Gasteiger partial charge on any atom is -0.340 e. The smallest absolute Gasteiger partial charge is 0.254 e. The van der Waals surface area contributed by atoms with Crippen molar-refractivity contribution in [1.82, 2.24) is 15.0 Å². The maximum atomic E-state index is 12.8. The van der Waals surface area contributed by atoms with Gasteiger partial charge in [-0.2, -0.15) is 4.98 Å². The maximum absolute atomic E-state index is 12.8. The molecule has 1 amide bonds. The Bertz CT molecular complexity index is 842. The van der Waals surface area contributed by atoms with Gasteiger partial charge in [0, 0.05) is 19.0 Å². The number of aryl methyl sites for hydroxylation is 1. The van der Waals surface area contributed by atoms with Crippen molar-refractivity contribution in [3.8, 4) is 0 Å². The molecular formula is C16H19N3O4S. The van der Waals surface area contributed by atoms with Crippen LogP contribution in [0.15, 0.2) is 33.7 Å². The molecule has 1 aromatic carbocycles. The van der Waals surface area contributed by atoms with Crippen molar-refractivity contribution in [2.24, 2.45) is 0 Å². The van der Waals surface area contributed by atoms with Gasteiger partial charge in [0.15, 0.2) is 15.7 Å². The molecule has 2 heterocycles. The van der Waals surface area contributed by atoms with Crippen molar-refractivity contribution >= 4 is 15.7 Å². The van der Waals surface area contributed by atoms with E-state index in [1.807, 2.05) is 0 Å². The van der Waals surface area contributed by atoms with Crippen LogP contribution in [0, 0.1) is 6.92 Å². The first-order valence-corrected chi connectivity index (χ1v) is 9.51. The summed E-state index contributed by atoms with van der Waals surface area (Å²) in [6, 6.07) is 5.88. The van der Waals surface area contributed by atoms with Gasteiger partial charge in [0.05, 0.1) is 16.7 Å². The minimum absolute atomic E-state index is 0.0334. The number of sulfone groups is 1. The summed E-state index contributed by atoms with van der Waals surface area (Å²) in [5.41, 5.74) is 0.456. The normalized spacial score (nSPS) is 18.1. The molecule has 0 aliphatic carbocycles. The van der Waals surface area contributed by atoms with Crippen LogP contribution in [0.4, 0.5) is 0 Å². The van der Waals surface area contributed by atoms with Gasteiger partial charge in [0.1, 0.15) is 0 Å². The lowest BCUT2D eigenvalue weighted by molar-refractivity contribution is 0.0728. The lowest BCUT2D eigenvalue weighted by atomic mass is 10.1. The van der Waals surface area contributed by atoms with Crippen LogP contribution >= 0.6 is 0 Å². The predicted molar refractivity (Wildman–Crippen MR) is 86.2 cm³/mol. The highest BCUT2D eigenvalue weighted by molar-refractivity contribution is 7.91. The highest BCUT2D eigenvalue weighted by Gasteiger charge is 2.33. The van der Waals surface area contributed by atoms with Gasteiger partial charge in [-0.15, -0.1) is 0 Å². The van der Waals surface area contributed by atoms with E-state index in [1.165, 1.54) is 12.1 Å². The molecule has 0 spiro atoms. The first kappa shape index (κ1) is 16.6. The standard InChI is InChI=1S/C16H19N3O4S/c1-3-24(21,22)13-8-6-12(7-9-13)16(20)19-10-4-5-14(19)15-17-11(2)23-18-15/h6-9,14H,3-5,10H2,1-2H3. The summed E-state index contributed by atoms with van der Waals surface area (Å²) >= 11 is 0. The molecule has 0 bridgehead atoms. The zero-order valence-electron chi connectivity index (χ0n) is 13.6. The number of benzene rings is 1. The molecule has 2 aromatic rings. The highest BCUT2D eigenvalue weighted by Crippen LogP contribution is 2.31. The summed E-state index contributed by atoms with van der Waals surface area (Å²) in [4.78, 5) is 18.9. The lowest BCUT2D eigenvalue weighted by Crippen LogP contribution is -2.31. The Kier molecular flexibility index (Phi) is 4.40. The number of carbonyl (C=O) groups is 1. The second-order valence-corrected chi connectivity index (χ2v) is 8.03. The SMILES string of the molecule is CCS(=O)(=O)c1ccc(C(=O)N2CCCC2c2noc(C)n2)cc1. The first-order valence-electron chi connectivity index (χ1n) is 7.86. The topological polar surface area (TPSA) is 93.4 Å². The average molecular weight is 349 g/mol. The fraction of sp³-hybridized carbons (Fsp3) is 0.438. The van der Waals surface area contributed by atoms with E-state index in [1.54, 1.807) is 30.9 Å².